The Hall–Kier alpha value is -2.56. The van der Waals surface area contributed by atoms with E-state index >= 15 is 0 Å². The van der Waals surface area contributed by atoms with Gasteiger partial charge in [-0.05, 0) is 59.4 Å². The van der Waals surface area contributed by atoms with Gasteiger partial charge in [0.05, 0.1) is 0 Å². The van der Waals surface area contributed by atoms with Gasteiger partial charge in [-0.3, -0.25) is 4.79 Å². The van der Waals surface area contributed by atoms with Gasteiger partial charge in [0.1, 0.15) is 12.4 Å². The molecule has 3 nitrogen and oxygen atoms in total. The van der Waals surface area contributed by atoms with Crippen LogP contribution in [0.5, 0.6) is 0 Å². The van der Waals surface area contributed by atoms with Gasteiger partial charge < -0.3 is 10.4 Å². The lowest BCUT2D eigenvalue weighted by Crippen LogP contribution is -2.18. The molecule has 2 aromatic carbocycles. The normalized spacial score (nSPS) is 14.8. The highest BCUT2D eigenvalue weighted by molar-refractivity contribution is 5.94. The minimum atomic E-state index is -0.480. The summed E-state index contributed by atoms with van der Waals surface area (Å²) in [5.74, 6) is -0.560. The van der Waals surface area contributed by atoms with Crippen LogP contribution in [0.4, 0.5) is 4.39 Å². The fourth-order valence-corrected chi connectivity index (χ4v) is 2.59. The Morgan fingerprint density at radius 3 is 2.35 bits per heavy atom. The second-order valence-corrected chi connectivity index (χ2v) is 6.46. The van der Waals surface area contributed by atoms with Crippen LogP contribution in [0.25, 0.3) is 17.7 Å². The maximum Gasteiger partial charge on any atom is 0.181 e. The zero-order valence-corrected chi connectivity index (χ0v) is 14.5. The van der Waals surface area contributed by atoms with Crippen molar-refractivity contribution < 1.29 is 14.3 Å². The first-order valence-electron chi connectivity index (χ1n) is 8.76. The minimum absolute atomic E-state index is 0.239. The van der Waals surface area contributed by atoms with E-state index < -0.39 is 6.61 Å². The van der Waals surface area contributed by atoms with Gasteiger partial charge in [-0.15, -0.1) is 0 Å². The van der Waals surface area contributed by atoms with E-state index in [4.69, 9.17) is 5.11 Å². The molecule has 0 spiro atoms. The van der Waals surface area contributed by atoms with E-state index in [1.165, 1.54) is 31.1 Å². The van der Waals surface area contributed by atoms with Crippen LogP contribution in [0, 0.1) is 5.82 Å². The van der Waals surface area contributed by atoms with Crippen LogP contribution in [-0.2, 0) is 4.79 Å². The Bertz CT molecular complexity index is 803. The summed E-state index contributed by atoms with van der Waals surface area (Å²) in [6.07, 6.45) is 7.57. The smallest absolute Gasteiger partial charge is 0.181 e. The van der Waals surface area contributed by atoms with Crippen molar-refractivity contribution in [1.29, 1.82) is 0 Å². The maximum absolute atomic E-state index is 13.2. The Morgan fingerprint density at radius 1 is 1.08 bits per heavy atom. The number of aliphatic hydroxyl groups excluding tert-OH is 1. The molecule has 4 heteroatoms. The van der Waals surface area contributed by atoms with Crippen LogP contribution in [0.3, 0.4) is 0 Å². The number of carbonyl (C=O) groups excluding carboxylic acids is 1. The summed E-state index contributed by atoms with van der Waals surface area (Å²) < 4.78 is 13.2. The largest absolute Gasteiger partial charge is 0.388 e. The molecular formula is C22H22FNO2. The van der Waals surface area contributed by atoms with E-state index in [0.29, 0.717) is 6.04 Å². The molecule has 0 aliphatic heterocycles. The number of hydrogen-bond donors (Lipinski definition) is 2. The van der Waals surface area contributed by atoms with Crippen LogP contribution in [-0.4, -0.2) is 30.1 Å². The number of rotatable bonds is 8. The van der Waals surface area contributed by atoms with E-state index in [9.17, 15) is 9.18 Å². The van der Waals surface area contributed by atoms with Crippen molar-refractivity contribution in [2.45, 2.75) is 18.9 Å². The molecule has 0 saturated heterocycles. The lowest BCUT2D eigenvalue weighted by molar-refractivity contribution is -0.117. The van der Waals surface area contributed by atoms with E-state index in [1.54, 1.807) is 18.2 Å². The van der Waals surface area contributed by atoms with Crippen molar-refractivity contribution in [3.8, 4) is 0 Å². The van der Waals surface area contributed by atoms with Crippen molar-refractivity contribution in [2.24, 2.45) is 0 Å². The standard InChI is InChI=1S/C22H22FNO2/c23-20-8-6-18(7-9-20)19(14-24-21-10-11-21)13-17-3-1-16(2-4-17)5-12-22(26)15-25/h1-9,12-13,21,24-25H,10-11,14-15H2/b12-5+,19-13-. The van der Waals surface area contributed by atoms with Crippen molar-refractivity contribution in [2.75, 3.05) is 13.2 Å². The van der Waals surface area contributed by atoms with Gasteiger partial charge in [0, 0.05) is 12.6 Å². The fourth-order valence-electron chi connectivity index (χ4n) is 2.59. The van der Waals surface area contributed by atoms with E-state index in [2.05, 4.69) is 11.4 Å². The van der Waals surface area contributed by atoms with Gasteiger partial charge in [0.15, 0.2) is 5.78 Å². The Morgan fingerprint density at radius 2 is 1.73 bits per heavy atom. The predicted molar refractivity (Wildman–Crippen MR) is 103 cm³/mol. The first-order chi connectivity index (χ1) is 12.6. The zero-order chi connectivity index (χ0) is 18.4. The van der Waals surface area contributed by atoms with Gasteiger partial charge in [-0.25, -0.2) is 4.39 Å². The second-order valence-electron chi connectivity index (χ2n) is 6.46. The van der Waals surface area contributed by atoms with Crippen LogP contribution in [0.1, 0.15) is 29.5 Å². The summed E-state index contributed by atoms with van der Waals surface area (Å²) >= 11 is 0. The predicted octanol–water partition coefficient (Wildman–Crippen LogP) is 3.69. The highest BCUT2D eigenvalue weighted by Crippen LogP contribution is 2.23. The molecule has 0 heterocycles. The zero-order valence-electron chi connectivity index (χ0n) is 14.5. The molecule has 1 aliphatic rings. The molecule has 2 N–H and O–H groups in total. The molecule has 0 unspecified atom stereocenters. The van der Waals surface area contributed by atoms with Crippen LogP contribution < -0.4 is 5.32 Å². The third-order valence-corrected chi connectivity index (χ3v) is 4.27. The molecule has 134 valence electrons. The van der Waals surface area contributed by atoms with Gasteiger partial charge >= 0.3 is 0 Å². The summed E-state index contributed by atoms with van der Waals surface area (Å²) in [6.45, 7) is 0.259. The molecule has 1 saturated carbocycles. The van der Waals surface area contributed by atoms with Gasteiger partial charge in [0.2, 0.25) is 0 Å². The lowest BCUT2D eigenvalue weighted by atomic mass is 10.0. The first kappa shape index (κ1) is 18.2. The molecule has 0 bridgehead atoms. The Balaban J connectivity index is 1.78. The number of nitrogens with one attached hydrogen (secondary N) is 1. The van der Waals surface area contributed by atoms with Crippen LogP contribution in [0.15, 0.2) is 54.6 Å². The highest BCUT2D eigenvalue weighted by atomic mass is 19.1. The topological polar surface area (TPSA) is 49.3 Å². The third kappa shape index (κ3) is 5.48. The molecule has 1 aliphatic carbocycles. The Labute approximate surface area is 152 Å². The summed E-state index contributed by atoms with van der Waals surface area (Å²) in [7, 11) is 0. The molecular weight excluding hydrogens is 329 g/mol. The third-order valence-electron chi connectivity index (χ3n) is 4.27. The number of hydrogen-bond acceptors (Lipinski definition) is 3. The molecule has 0 aromatic heterocycles. The quantitative estimate of drug-likeness (QED) is 0.563. The molecule has 3 rings (SSSR count). The summed E-state index contributed by atoms with van der Waals surface area (Å²) in [4.78, 5) is 11.1. The van der Waals surface area contributed by atoms with Gasteiger partial charge in [-0.2, -0.15) is 0 Å². The van der Waals surface area contributed by atoms with Crippen molar-refractivity contribution >= 4 is 23.5 Å². The summed E-state index contributed by atoms with van der Waals surface area (Å²) in [5, 5.41) is 12.2. The summed E-state index contributed by atoms with van der Waals surface area (Å²) in [6, 6.07) is 14.9. The van der Waals surface area contributed by atoms with Gasteiger partial charge in [-0.1, -0.05) is 42.5 Å². The Kier molecular flexibility index (Phi) is 6.10. The van der Waals surface area contributed by atoms with Crippen molar-refractivity contribution in [3.63, 3.8) is 0 Å². The molecule has 0 atom stereocenters. The molecule has 1 fully saturated rings. The molecule has 2 aromatic rings. The van der Waals surface area contributed by atoms with Crippen LogP contribution in [0.2, 0.25) is 0 Å². The van der Waals surface area contributed by atoms with E-state index in [1.807, 2.05) is 24.3 Å². The number of halogens is 1. The first-order valence-corrected chi connectivity index (χ1v) is 8.76. The summed E-state index contributed by atoms with van der Waals surface area (Å²) in [5.41, 5.74) is 4.03. The van der Waals surface area contributed by atoms with Crippen molar-refractivity contribution in [3.05, 3.63) is 77.1 Å². The monoisotopic (exact) mass is 351 g/mol. The van der Waals surface area contributed by atoms with Crippen molar-refractivity contribution in [1.82, 2.24) is 5.32 Å². The molecule has 0 radical (unpaired) electrons. The average molecular weight is 351 g/mol. The molecule has 0 amide bonds. The SMILES string of the molecule is O=C(/C=C/c1ccc(/C=C(/CNC2CC2)c2ccc(F)cc2)cc1)CO. The molecule has 26 heavy (non-hydrogen) atoms. The van der Waals surface area contributed by atoms with Gasteiger partial charge in [0.25, 0.3) is 0 Å². The van der Waals surface area contributed by atoms with E-state index in [-0.39, 0.29) is 11.6 Å². The number of aliphatic hydroxyl groups is 1. The van der Waals surface area contributed by atoms with Crippen LogP contribution >= 0.6 is 0 Å². The number of benzene rings is 2. The number of carbonyl (C=O) groups is 1. The second kappa shape index (κ2) is 8.70. The van der Waals surface area contributed by atoms with E-state index in [0.717, 1.165) is 28.8 Å². The number of ketones is 1. The fraction of sp³-hybridized carbons (Fsp3) is 0.227. The minimum Gasteiger partial charge on any atom is -0.388 e. The highest BCUT2D eigenvalue weighted by Gasteiger charge is 2.20. The lowest BCUT2D eigenvalue weighted by Gasteiger charge is -2.10. The average Bonchev–Trinajstić information content (AvgIpc) is 3.49. The maximum atomic E-state index is 13.2.